The van der Waals surface area contributed by atoms with Crippen molar-refractivity contribution in [2.75, 3.05) is 5.32 Å². The van der Waals surface area contributed by atoms with Gasteiger partial charge >= 0.3 is 0 Å². The zero-order chi connectivity index (χ0) is 18.6. The summed E-state index contributed by atoms with van der Waals surface area (Å²) in [4.78, 5) is 21.9. The van der Waals surface area contributed by atoms with Crippen LogP contribution in [0.15, 0.2) is 64.3 Å². The molecule has 0 aliphatic heterocycles. The molecule has 0 saturated heterocycles. The van der Waals surface area contributed by atoms with E-state index in [1.54, 1.807) is 11.3 Å². The molecule has 4 aromatic rings. The maximum absolute atomic E-state index is 12.7. The zero-order valence-electron chi connectivity index (χ0n) is 14.6. The molecule has 1 N–H and O–H groups in total. The van der Waals surface area contributed by atoms with Gasteiger partial charge < -0.3 is 5.32 Å². The van der Waals surface area contributed by atoms with Gasteiger partial charge in [-0.05, 0) is 18.6 Å². The lowest BCUT2D eigenvalue weighted by atomic mass is 10.2. The van der Waals surface area contributed by atoms with Crippen molar-refractivity contribution in [1.29, 1.82) is 0 Å². The number of fused-ring (bicyclic) bond motifs is 1. The van der Waals surface area contributed by atoms with Gasteiger partial charge in [-0.3, -0.25) is 4.79 Å². The lowest BCUT2D eigenvalue weighted by Crippen LogP contribution is -2.24. The van der Waals surface area contributed by atoms with Crippen LogP contribution in [0.25, 0.3) is 21.5 Å². The summed E-state index contributed by atoms with van der Waals surface area (Å²) in [5.41, 5.74) is 2.90. The molecule has 27 heavy (non-hydrogen) atoms. The summed E-state index contributed by atoms with van der Waals surface area (Å²) in [5, 5.41) is 5.35. The first-order valence-electron chi connectivity index (χ1n) is 8.57. The number of nitrogens with zero attached hydrogens (tertiary/aromatic N) is 2. The van der Waals surface area contributed by atoms with Crippen LogP contribution in [0.5, 0.6) is 0 Å². The Morgan fingerprint density at radius 2 is 1.89 bits per heavy atom. The van der Waals surface area contributed by atoms with E-state index >= 15 is 0 Å². The number of hydrogen-bond donors (Lipinski definition) is 1. The maximum Gasteiger partial charge on any atom is 0.239 e. The molecule has 0 saturated carbocycles. The molecule has 136 valence electrons. The first-order valence-corrected chi connectivity index (χ1v) is 11.1. The molecule has 1 amide bonds. The van der Waals surface area contributed by atoms with Gasteiger partial charge in [-0.25, -0.2) is 9.97 Å². The summed E-state index contributed by atoms with van der Waals surface area (Å²) in [6, 6.07) is 18.0. The first-order chi connectivity index (χ1) is 13.2. The fraction of sp³-hybridized carbons (Fsp3) is 0.150. The second-order valence-corrected chi connectivity index (χ2v) is 9.19. The SMILES string of the molecule is CC[C@H](Sc1nc2ccccc2s1)C(=O)Nc1nc(-c2ccccc2)cs1. The number of para-hydroxylation sites is 1. The van der Waals surface area contributed by atoms with Gasteiger partial charge in [0.25, 0.3) is 0 Å². The second-order valence-electron chi connectivity index (χ2n) is 5.86. The van der Waals surface area contributed by atoms with Crippen molar-refractivity contribution in [3.8, 4) is 11.3 Å². The molecule has 2 aromatic carbocycles. The molecular formula is C20H17N3OS3. The summed E-state index contributed by atoms with van der Waals surface area (Å²) in [7, 11) is 0. The molecule has 0 radical (unpaired) electrons. The van der Waals surface area contributed by atoms with Crippen molar-refractivity contribution in [2.24, 2.45) is 0 Å². The third kappa shape index (κ3) is 4.21. The summed E-state index contributed by atoms with van der Waals surface area (Å²) in [6.45, 7) is 2.02. The highest BCUT2D eigenvalue weighted by Gasteiger charge is 2.21. The molecule has 0 aliphatic carbocycles. The quantitative estimate of drug-likeness (QED) is 0.400. The fourth-order valence-electron chi connectivity index (χ4n) is 2.60. The molecule has 0 unspecified atom stereocenters. The van der Waals surface area contributed by atoms with Gasteiger partial charge in [0.15, 0.2) is 9.47 Å². The van der Waals surface area contributed by atoms with Crippen LogP contribution < -0.4 is 5.32 Å². The van der Waals surface area contributed by atoms with E-state index in [-0.39, 0.29) is 11.2 Å². The van der Waals surface area contributed by atoms with Crippen molar-refractivity contribution >= 4 is 55.7 Å². The maximum atomic E-state index is 12.7. The molecule has 4 nitrogen and oxygen atoms in total. The number of thioether (sulfide) groups is 1. The third-order valence-electron chi connectivity index (χ3n) is 3.98. The molecule has 1 atom stereocenters. The Bertz CT molecular complexity index is 1030. The summed E-state index contributed by atoms with van der Waals surface area (Å²) in [6.07, 6.45) is 0.726. The number of rotatable bonds is 6. The fourth-order valence-corrected chi connectivity index (χ4v) is 5.56. The van der Waals surface area contributed by atoms with E-state index < -0.39 is 0 Å². The van der Waals surface area contributed by atoms with Gasteiger partial charge in [0, 0.05) is 10.9 Å². The monoisotopic (exact) mass is 411 g/mol. The van der Waals surface area contributed by atoms with Crippen LogP contribution in [-0.4, -0.2) is 21.1 Å². The minimum atomic E-state index is -0.199. The van der Waals surface area contributed by atoms with E-state index in [0.29, 0.717) is 5.13 Å². The normalized spacial score (nSPS) is 12.2. The van der Waals surface area contributed by atoms with Crippen molar-refractivity contribution in [3.63, 3.8) is 0 Å². The highest BCUT2D eigenvalue weighted by atomic mass is 32.2. The Morgan fingerprint density at radius 1 is 1.11 bits per heavy atom. The first kappa shape index (κ1) is 18.2. The van der Waals surface area contributed by atoms with Gasteiger partial charge in [-0.1, -0.05) is 61.2 Å². The number of benzene rings is 2. The van der Waals surface area contributed by atoms with Crippen LogP contribution in [0.2, 0.25) is 0 Å². The van der Waals surface area contributed by atoms with Gasteiger partial charge in [0.05, 0.1) is 21.2 Å². The van der Waals surface area contributed by atoms with Gasteiger partial charge in [-0.15, -0.1) is 22.7 Å². The molecule has 0 bridgehead atoms. The van der Waals surface area contributed by atoms with E-state index in [2.05, 4.69) is 21.4 Å². The summed E-state index contributed by atoms with van der Waals surface area (Å²) < 4.78 is 2.06. The molecule has 0 aliphatic rings. The van der Waals surface area contributed by atoms with Crippen LogP contribution in [0.3, 0.4) is 0 Å². The molecule has 7 heteroatoms. The predicted octanol–water partition coefficient (Wildman–Crippen LogP) is 5.93. The van der Waals surface area contributed by atoms with Crippen LogP contribution in [0.1, 0.15) is 13.3 Å². The van der Waals surface area contributed by atoms with E-state index in [4.69, 9.17) is 0 Å². The van der Waals surface area contributed by atoms with Crippen molar-refractivity contribution in [1.82, 2.24) is 9.97 Å². The minimum absolute atomic E-state index is 0.0317. The largest absolute Gasteiger partial charge is 0.301 e. The molecule has 0 fully saturated rings. The van der Waals surface area contributed by atoms with Crippen LogP contribution in [0.4, 0.5) is 5.13 Å². The smallest absolute Gasteiger partial charge is 0.239 e. The number of carbonyl (C=O) groups is 1. The van der Waals surface area contributed by atoms with E-state index in [1.807, 2.05) is 60.8 Å². The Balaban J connectivity index is 1.45. The lowest BCUT2D eigenvalue weighted by molar-refractivity contribution is -0.115. The number of hydrogen-bond acceptors (Lipinski definition) is 6. The standard InChI is InChI=1S/C20H17N3OS3/c1-2-16(26-20-22-14-10-6-7-11-17(14)27-20)18(24)23-19-21-15(12-25-19)13-8-4-3-5-9-13/h3-12,16H,2H2,1H3,(H,21,23,24)/t16-/m0/s1. The van der Waals surface area contributed by atoms with Gasteiger partial charge in [0.2, 0.25) is 5.91 Å². The number of amides is 1. The highest BCUT2D eigenvalue weighted by Crippen LogP contribution is 2.34. The van der Waals surface area contributed by atoms with E-state index in [0.717, 1.165) is 32.2 Å². The molecule has 0 spiro atoms. The predicted molar refractivity (Wildman–Crippen MR) is 116 cm³/mol. The van der Waals surface area contributed by atoms with Crippen molar-refractivity contribution < 1.29 is 4.79 Å². The number of nitrogens with one attached hydrogen (secondary N) is 1. The Kier molecular flexibility index (Phi) is 5.52. The second kappa shape index (κ2) is 8.21. The molecule has 4 rings (SSSR count). The highest BCUT2D eigenvalue weighted by molar-refractivity contribution is 8.02. The van der Waals surface area contributed by atoms with E-state index in [1.165, 1.54) is 23.1 Å². The molecular weight excluding hydrogens is 394 g/mol. The third-order valence-corrected chi connectivity index (χ3v) is 7.24. The summed E-state index contributed by atoms with van der Waals surface area (Å²) >= 11 is 4.59. The Labute approximate surface area is 169 Å². The minimum Gasteiger partial charge on any atom is -0.301 e. The summed E-state index contributed by atoms with van der Waals surface area (Å²) in [5.74, 6) is -0.0317. The van der Waals surface area contributed by atoms with Crippen molar-refractivity contribution in [2.45, 2.75) is 22.9 Å². The van der Waals surface area contributed by atoms with Crippen LogP contribution >= 0.6 is 34.4 Å². The number of anilines is 1. The van der Waals surface area contributed by atoms with Crippen LogP contribution in [0, 0.1) is 0 Å². The Hall–Kier alpha value is -2.22. The average molecular weight is 412 g/mol. The van der Waals surface area contributed by atoms with Gasteiger partial charge in [-0.2, -0.15) is 0 Å². The van der Waals surface area contributed by atoms with Gasteiger partial charge in [0.1, 0.15) is 0 Å². The molecule has 2 aromatic heterocycles. The van der Waals surface area contributed by atoms with E-state index in [9.17, 15) is 4.79 Å². The number of carbonyl (C=O) groups excluding carboxylic acids is 1. The van der Waals surface area contributed by atoms with Crippen molar-refractivity contribution in [3.05, 3.63) is 60.0 Å². The number of thiazole rings is 2. The lowest BCUT2D eigenvalue weighted by Gasteiger charge is -2.11. The average Bonchev–Trinajstić information content (AvgIpc) is 3.33. The molecule has 2 heterocycles. The topological polar surface area (TPSA) is 54.9 Å². The van der Waals surface area contributed by atoms with Crippen LogP contribution in [-0.2, 0) is 4.79 Å². The zero-order valence-corrected chi connectivity index (χ0v) is 17.0. The number of aromatic nitrogens is 2. The Morgan fingerprint density at radius 3 is 2.67 bits per heavy atom.